The number of nitrogens with zero attached hydrogens (tertiary/aromatic N) is 1. The van der Waals surface area contributed by atoms with E-state index in [0.717, 1.165) is 22.6 Å². The number of hydrogen-bond acceptors (Lipinski definition) is 4. The fourth-order valence-electron chi connectivity index (χ4n) is 1.95. The van der Waals surface area contributed by atoms with Crippen LogP contribution < -0.4 is 5.32 Å². The highest BCUT2D eigenvalue weighted by atomic mass is 35.5. The van der Waals surface area contributed by atoms with Gasteiger partial charge in [0.1, 0.15) is 0 Å². The second-order valence-electron chi connectivity index (χ2n) is 4.68. The molecule has 1 aliphatic heterocycles. The van der Waals surface area contributed by atoms with E-state index >= 15 is 0 Å². The summed E-state index contributed by atoms with van der Waals surface area (Å²) < 4.78 is 0.848. The van der Waals surface area contributed by atoms with Crippen LogP contribution in [0.5, 0.6) is 0 Å². The van der Waals surface area contributed by atoms with E-state index in [-0.39, 0.29) is 0 Å². The Morgan fingerprint density at radius 1 is 1.39 bits per heavy atom. The molecule has 0 unspecified atom stereocenters. The van der Waals surface area contributed by atoms with Gasteiger partial charge in [0.25, 0.3) is 0 Å². The zero-order valence-corrected chi connectivity index (χ0v) is 13.2. The van der Waals surface area contributed by atoms with Crippen molar-refractivity contribution in [3.8, 4) is 0 Å². The van der Waals surface area contributed by atoms with E-state index in [1.165, 1.54) is 23.5 Å². The number of amidine groups is 1. The molecule has 18 heavy (non-hydrogen) atoms. The molecule has 0 aliphatic carbocycles. The maximum Gasteiger partial charge on any atom is 0.156 e. The van der Waals surface area contributed by atoms with Crippen LogP contribution in [0.2, 0.25) is 4.34 Å². The van der Waals surface area contributed by atoms with E-state index in [1.54, 1.807) is 11.3 Å². The summed E-state index contributed by atoms with van der Waals surface area (Å²) in [7, 11) is 0. The Bertz CT molecular complexity index is 424. The molecule has 1 aromatic heterocycles. The number of rotatable bonds is 4. The molecule has 0 atom stereocenters. The third-order valence-electron chi connectivity index (χ3n) is 3.62. The third-order valence-corrected chi connectivity index (χ3v) is 6.15. The Hall–Kier alpha value is -0.190. The highest BCUT2D eigenvalue weighted by Crippen LogP contribution is 2.34. The van der Waals surface area contributed by atoms with Gasteiger partial charge in [-0.1, -0.05) is 37.2 Å². The van der Waals surface area contributed by atoms with Crippen molar-refractivity contribution in [2.75, 3.05) is 12.3 Å². The van der Waals surface area contributed by atoms with Crippen LogP contribution in [0.1, 0.15) is 31.6 Å². The van der Waals surface area contributed by atoms with Crippen molar-refractivity contribution in [3.63, 3.8) is 0 Å². The van der Waals surface area contributed by atoms with Gasteiger partial charge in [-0.3, -0.25) is 4.99 Å². The SMILES string of the molecule is CCC1(CC)CN=C(NCc2ccc(Cl)s2)SC1. The fourth-order valence-corrected chi connectivity index (χ4v) is 4.25. The molecule has 1 aromatic rings. The molecule has 0 aromatic carbocycles. The van der Waals surface area contributed by atoms with Gasteiger partial charge in [0.15, 0.2) is 5.17 Å². The molecule has 0 fully saturated rings. The summed E-state index contributed by atoms with van der Waals surface area (Å²) in [6.07, 6.45) is 2.43. The number of halogens is 1. The Morgan fingerprint density at radius 3 is 2.67 bits per heavy atom. The third kappa shape index (κ3) is 3.43. The molecule has 2 nitrogen and oxygen atoms in total. The van der Waals surface area contributed by atoms with Crippen molar-refractivity contribution in [3.05, 3.63) is 21.3 Å². The number of aliphatic imine (C=N–C) groups is 1. The van der Waals surface area contributed by atoms with Gasteiger partial charge in [-0.25, -0.2) is 0 Å². The first-order chi connectivity index (χ1) is 8.67. The van der Waals surface area contributed by atoms with Crippen molar-refractivity contribution in [2.24, 2.45) is 10.4 Å². The van der Waals surface area contributed by atoms with Gasteiger partial charge in [0.2, 0.25) is 0 Å². The molecule has 100 valence electrons. The largest absolute Gasteiger partial charge is 0.360 e. The van der Waals surface area contributed by atoms with E-state index in [1.807, 2.05) is 17.8 Å². The maximum absolute atomic E-state index is 5.91. The molecular weight excluding hydrogens is 284 g/mol. The van der Waals surface area contributed by atoms with Crippen molar-refractivity contribution >= 4 is 39.9 Å². The van der Waals surface area contributed by atoms with Crippen LogP contribution in [0.4, 0.5) is 0 Å². The molecule has 0 saturated carbocycles. The number of thioether (sulfide) groups is 1. The average molecular weight is 303 g/mol. The van der Waals surface area contributed by atoms with E-state index in [2.05, 4.69) is 30.2 Å². The molecule has 1 aliphatic rings. The minimum atomic E-state index is 0.419. The first-order valence-electron chi connectivity index (χ1n) is 6.33. The Balaban J connectivity index is 1.87. The zero-order chi connectivity index (χ0) is 13.0. The first-order valence-corrected chi connectivity index (χ1v) is 8.51. The Morgan fingerprint density at radius 2 is 2.17 bits per heavy atom. The maximum atomic E-state index is 5.91. The summed E-state index contributed by atoms with van der Waals surface area (Å²) in [5.41, 5.74) is 0.419. The molecule has 1 N–H and O–H groups in total. The van der Waals surface area contributed by atoms with Crippen molar-refractivity contribution < 1.29 is 0 Å². The number of hydrogen-bond donors (Lipinski definition) is 1. The van der Waals surface area contributed by atoms with E-state index < -0.39 is 0 Å². The summed E-state index contributed by atoms with van der Waals surface area (Å²) in [5.74, 6) is 1.18. The summed E-state index contributed by atoms with van der Waals surface area (Å²) >= 11 is 9.39. The molecule has 2 rings (SSSR count). The van der Waals surface area contributed by atoms with E-state index in [4.69, 9.17) is 11.6 Å². The molecule has 0 bridgehead atoms. The van der Waals surface area contributed by atoms with Gasteiger partial charge < -0.3 is 5.32 Å². The van der Waals surface area contributed by atoms with Crippen molar-refractivity contribution in [2.45, 2.75) is 33.2 Å². The molecule has 5 heteroatoms. The van der Waals surface area contributed by atoms with Crippen LogP contribution in [0, 0.1) is 5.41 Å². The Labute approximate surface area is 122 Å². The van der Waals surface area contributed by atoms with Crippen LogP contribution in [-0.4, -0.2) is 17.5 Å². The lowest BCUT2D eigenvalue weighted by atomic mass is 9.84. The normalized spacial score (nSPS) is 18.5. The summed E-state index contributed by atoms with van der Waals surface area (Å²) in [6, 6.07) is 4.01. The molecule has 0 spiro atoms. The van der Waals surface area contributed by atoms with Crippen molar-refractivity contribution in [1.82, 2.24) is 5.32 Å². The van der Waals surface area contributed by atoms with Crippen LogP contribution in [0.15, 0.2) is 17.1 Å². The second kappa shape index (κ2) is 6.31. The van der Waals surface area contributed by atoms with Crippen LogP contribution in [0.25, 0.3) is 0 Å². The van der Waals surface area contributed by atoms with Crippen molar-refractivity contribution in [1.29, 1.82) is 0 Å². The summed E-state index contributed by atoms with van der Waals surface area (Å²) in [6.45, 7) is 6.33. The predicted molar refractivity (Wildman–Crippen MR) is 83.9 cm³/mol. The minimum absolute atomic E-state index is 0.419. The number of nitrogens with one attached hydrogen (secondary N) is 1. The lowest BCUT2D eigenvalue weighted by Gasteiger charge is -2.33. The molecular formula is C13H19ClN2S2. The first kappa shape index (κ1) is 14.2. The quantitative estimate of drug-likeness (QED) is 0.891. The summed E-state index contributed by atoms with van der Waals surface area (Å²) in [5, 5.41) is 4.48. The van der Waals surface area contributed by atoms with Crippen LogP contribution in [-0.2, 0) is 6.54 Å². The standard InChI is InChI=1S/C13H19ClN2S2/c1-3-13(4-2)8-16-12(17-9-13)15-7-10-5-6-11(14)18-10/h5-6H,3-4,7-9H2,1-2H3,(H,15,16). The average Bonchev–Trinajstić information content (AvgIpc) is 2.83. The van der Waals surface area contributed by atoms with Gasteiger partial charge in [-0.2, -0.15) is 0 Å². The molecule has 0 amide bonds. The lowest BCUT2D eigenvalue weighted by molar-refractivity contribution is 0.318. The van der Waals surface area contributed by atoms with Gasteiger partial charge >= 0.3 is 0 Å². The summed E-state index contributed by atoms with van der Waals surface area (Å²) in [4.78, 5) is 5.94. The zero-order valence-electron chi connectivity index (χ0n) is 10.8. The van der Waals surface area contributed by atoms with Gasteiger partial charge in [0, 0.05) is 17.2 Å². The van der Waals surface area contributed by atoms with Gasteiger partial charge in [0.05, 0.1) is 10.9 Å². The number of thiophene rings is 1. The highest BCUT2D eigenvalue weighted by Gasteiger charge is 2.29. The van der Waals surface area contributed by atoms with Gasteiger partial charge in [-0.15, -0.1) is 11.3 Å². The Kier molecular flexibility index (Phi) is 4.98. The fraction of sp³-hybridized carbons (Fsp3) is 0.615. The van der Waals surface area contributed by atoms with E-state index in [0.29, 0.717) is 5.41 Å². The smallest absolute Gasteiger partial charge is 0.156 e. The van der Waals surface area contributed by atoms with E-state index in [9.17, 15) is 0 Å². The van der Waals surface area contributed by atoms with Crippen LogP contribution in [0.3, 0.4) is 0 Å². The molecule has 0 radical (unpaired) electrons. The monoisotopic (exact) mass is 302 g/mol. The highest BCUT2D eigenvalue weighted by molar-refractivity contribution is 8.13. The van der Waals surface area contributed by atoms with Gasteiger partial charge in [-0.05, 0) is 30.4 Å². The minimum Gasteiger partial charge on any atom is -0.360 e. The predicted octanol–water partition coefficient (Wildman–Crippen LogP) is 4.40. The molecule has 0 saturated heterocycles. The topological polar surface area (TPSA) is 24.4 Å². The van der Waals surface area contributed by atoms with Crippen LogP contribution >= 0.6 is 34.7 Å². The second-order valence-corrected chi connectivity index (χ2v) is 7.44. The molecule has 2 heterocycles. The lowest BCUT2D eigenvalue weighted by Crippen LogP contribution is -2.34.